The van der Waals surface area contributed by atoms with E-state index in [1.807, 2.05) is 6.07 Å². The molecule has 1 fully saturated rings. The first-order valence-corrected chi connectivity index (χ1v) is 9.64. The first-order valence-electron chi connectivity index (χ1n) is 8.83. The molecule has 4 N–H and O–H groups in total. The van der Waals surface area contributed by atoms with Crippen molar-refractivity contribution >= 4 is 38.0 Å². The van der Waals surface area contributed by atoms with Gasteiger partial charge in [0.05, 0.1) is 27.0 Å². The van der Waals surface area contributed by atoms with Crippen LogP contribution in [-0.4, -0.2) is 34.9 Å². The normalized spacial score (nSPS) is 17.4. The Hall–Kier alpha value is -2.58. The molecule has 4 rings (SSSR count). The van der Waals surface area contributed by atoms with Gasteiger partial charge in [-0.2, -0.15) is 0 Å². The number of fused-ring (bicyclic) bond motifs is 1. The number of nitrogens with two attached hydrogens (primary N) is 2. The number of carbonyl (C=O) groups is 1. The number of carbonyl (C=O) groups excluding carboxylic acids is 1. The molecule has 0 saturated carbocycles. The van der Waals surface area contributed by atoms with Crippen LogP contribution in [0.1, 0.15) is 28.8 Å². The number of halogens is 1. The van der Waals surface area contributed by atoms with Crippen LogP contribution in [0.2, 0.25) is 0 Å². The maximum Gasteiger partial charge on any atom is 0.172 e. The van der Waals surface area contributed by atoms with E-state index in [1.54, 1.807) is 12.4 Å². The Morgan fingerprint density at radius 2 is 2.26 bits per heavy atom. The molecule has 0 bridgehead atoms. The van der Waals surface area contributed by atoms with E-state index in [0.29, 0.717) is 20.8 Å². The zero-order valence-electron chi connectivity index (χ0n) is 14.7. The highest BCUT2D eigenvalue weighted by atomic mass is 32.1. The number of pyridine rings is 2. The SMILES string of the molecule is Nc1sc2cc(F)cnc2c1C(=O)Cc1cnccc1N1CCC[C@H](N)C1. The van der Waals surface area contributed by atoms with Crippen LogP contribution in [0.4, 0.5) is 15.1 Å². The van der Waals surface area contributed by atoms with E-state index in [9.17, 15) is 9.18 Å². The Labute approximate surface area is 160 Å². The molecular formula is C19H20FN5OS. The lowest BCUT2D eigenvalue weighted by Gasteiger charge is -2.33. The Kier molecular flexibility index (Phi) is 4.75. The summed E-state index contributed by atoms with van der Waals surface area (Å²) in [4.78, 5) is 23.5. The fourth-order valence-corrected chi connectivity index (χ4v) is 4.57. The Morgan fingerprint density at radius 1 is 1.41 bits per heavy atom. The van der Waals surface area contributed by atoms with Crippen molar-refractivity contribution in [3.05, 3.63) is 47.7 Å². The van der Waals surface area contributed by atoms with Crippen molar-refractivity contribution in [2.75, 3.05) is 23.7 Å². The topological polar surface area (TPSA) is 98.1 Å². The van der Waals surface area contributed by atoms with Gasteiger partial charge in [0.15, 0.2) is 5.78 Å². The summed E-state index contributed by atoms with van der Waals surface area (Å²) in [6.07, 6.45) is 6.73. The molecule has 0 aromatic carbocycles. The largest absolute Gasteiger partial charge is 0.390 e. The molecule has 0 unspecified atom stereocenters. The van der Waals surface area contributed by atoms with Crippen molar-refractivity contribution in [1.82, 2.24) is 9.97 Å². The number of hydrogen-bond acceptors (Lipinski definition) is 7. The van der Waals surface area contributed by atoms with E-state index >= 15 is 0 Å². The fourth-order valence-electron chi connectivity index (χ4n) is 3.60. The third-order valence-electron chi connectivity index (χ3n) is 4.83. The van der Waals surface area contributed by atoms with Gasteiger partial charge in [0.2, 0.25) is 0 Å². The molecule has 140 valence electrons. The lowest BCUT2D eigenvalue weighted by molar-refractivity contribution is 0.0995. The van der Waals surface area contributed by atoms with Crippen molar-refractivity contribution < 1.29 is 9.18 Å². The number of anilines is 2. The second kappa shape index (κ2) is 7.21. The van der Waals surface area contributed by atoms with Gasteiger partial charge in [0.25, 0.3) is 0 Å². The minimum atomic E-state index is -0.446. The molecule has 1 aliphatic rings. The predicted molar refractivity (Wildman–Crippen MR) is 106 cm³/mol. The van der Waals surface area contributed by atoms with Gasteiger partial charge in [0.1, 0.15) is 5.82 Å². The molecule has 0 radical (unpaired) electrons. The molecule has 6 nitrogen and oxygen atoms in total. The van der Waals surface area contributed by atoms with Gasteiger partial charge >= 0.3 is 0 Å². The van der Waals surface area contributed by atoms with E-state index in [1.165, 1.54) is 17.4 Å². The van der Waals surface area contributed by atoms with Gasteiger partial charge in [-0.25, -0.2) is 4.39 Å². The van der Waals surface area contributed by atoms with Crippen LogP contribution in [0, 0.1) is 5.82 Å². The molecule has 0 aliphatic carbocycles. The zero-order chi connectivity index (χ0) is 19.0. The monoisotopic (exact) mass is 385 g/mol. The molecule has 1 saturated heterocycles. The average molecular weight is 385 g/mol. The lowest BCUT2D eigenvalue weighted by atomic mass is 10.0. The second-order valence-corrected chi connectivity index (χ2v) is 7.88. The molecule has 4 heterocycles. The smallest absolute Gasteiger partial charge is 0.172 e. The first-order chi connectivity index (χ1) is 13.0. The highest BCUT2D eigenvalue weighted by Gasteiger charge is 2.23. The quantitative estimate of drug-likeness (QED) is 0.670. The third kappa shape index (κ3) is 3.50. The van der Waals surface area contributed by atoms with Crippen molar-refractivity contribution in [3.63, 3.8) is 0 Å². The molecular weight excluding hydrogens is 365 g/mol. The van der Waals surface area contributed by atoms with Gasteiger partial charge in [-0.15, -0.1) is 11.3 Å². The third-order valence-corrected chi connectivity index (χ3v) is 5.78. The number of aromatic nitrogens is 2. The number of rotatable bonds is 4. The highest BCUT2D eigenvalue weighted by Crippen LogP contribution is 2.34. The molecule has 8 heteroatoms. The fraction of sp³-hybridized carbons (Fsp3) is 0.316. The minimum absolute atomic E-state index is 0.131. The number of Topliss-reactive ketones (excluding diaryl/α,β-unsaturated/α-hetero) is 1. The van der Waals surface area contributed by atoms with Crippen LogP contribution in [0.5, 0.6) is 0 Å². The molecule has 0 spiro atoms. The summed E-state index contributed by atoms with van der Waals surface area (Å²) in [6, 6.07) is 3.40. The number of thiophene rings is 1. The standard InChI is InChI=1S/C19H20FN5OS/c20-12-7-16-18(24-9-12)17(19(22)27-16)15(26)6-11-8-23-4-3-14(11)25-5-1-2-13(21)10-25/h3-4,7-9,13H,1-2,5-6,10,21-22H2/t13-/m0/s1. The van der Waals surface area contributed by atoms with Crippen LogP contribution in [0.25, 0.3) is 10.2 Å². The van der Waals surface area contributed by atoms with Gasteiger partial charge in [-0.1, -0.05) is 0 Å². The van der Waals surface area contributed by atoms with E-state index < -0.39 is 5.82 Å². The Morgan fingerprint density at radius 3 is 3.07 bits per heavy atom. The molecule has 1 atom stereocenters. The maximum absolute atomic E-state index is 13.4. The molecule has 3 aromatic heterocycles. The lowest BCUT2D eigenvalue weighted by Crippen LogP contribution is -2.43. The summed E-state index contributed by atoms with van der Waals surface area (Å²) in [6.45, 7) is 1.67. The molecule has 3 aromatic rings. The molecule has 27 heavy (non-hydrogen) atoms. The summed E-state index contributed by atoms with van der Waals surface area (Å²) in [5.41, 5.74) is 14.8. The Bertz CT molecular complexity index is 1000. The van der Waals surface area contributed by atoms with E-state index in [4.69, 9.17) is 11.5 Å². The van der Waals surface area contributed by atoms with Crippen LogP contribution in [-0.2, 0) is 6.42 Å². The summed E-state index contributed by atoms with van der Waals surface area (Å²) in [7, 11) is 0. The number of nitrogens with zero attached hydrogens (tertiary/aromatic N) is 3. The molecule has 1 aliphatic heterocycles. The Balaban J connectivity index is 1.65. The van der Waals surface area contributed by atoms with Crippen LogP contribution in [0.3, 0.4) is 0 Å². The summed E-state index contributed by atoms with van der Waals surface area (Å²) in [5, 5.41) is 0.360. The van der Waals surface area contributed by atoms with Gasteiger partial charge < -0.3 is 16.4 Å². The van der Waals surface area contributed by atoms with Crippen molar-refractivity contribution in [1.29, 1.82) is 0 Å². The highest BCUT2D eigenvalue weighted by molar-refractivity contribution is 7.23. The van der Waals surface area contributed by atoms with Crippen LogP contribution >= 0.6 is 11.3 Å². The number of hydrogen-bond donors (Lipinski definition) is 2. The van der Waals surface area contributed by atoms with Gasteiger partial charge in [-0.3, -0.25) is 14.8 Å². The van der Waals surface area contributed by atoms with E-state index in [0.717, 1.165) is 43.4 Å². The predicted octanol–water partition coefficient (Wildman–Crippen LogP) is 2.77. The maximum atomic E-state index is 13.4. The van der Waals surface area contributed by atoms with Gasteiger partial charge in [0, 0.05) is 49.2 Å². The number of piperidine rings is 1. The number of nitrogen functional groups attached to an aromatic ring is 1. The van der Waals surface area contributed by atoms with Crippen LogP contribution in [0.15, 0.2) is 30.7 Å². The minimum Gasteiger partial charge on any atom is -0.390 e. The van der Waals surface area contributed by atoms with E-state index in [2.05, 4.69) is 14.9 Å². The van der Waals surface area contributed by atoms with E-state index in [-0.39, 0.29) is 18.2 Å². The van der Waals surface area contributed by atoms with Gasteiger partial charge in [-0.05, 0) is 25.0 Å². The van der Waals surface area contributed by atoms with Crippen LogP contribution < -0.4 is 16.4 Å². The number of ketones is 1. The summed E-state index contributed by atoms with van der Waals surface area (Å²) in [5.74, 6) is -0.591. The second-order valence-electron chi connectivity index (χ2n) is 6.79. The van der Waals surface area contributed by atoms with Crippen molar-refractivity contribution in [3.8, 4) is 0 Å². The molecule has 0 amide bonds. The zero-order valence-corrected chi connectivity index (χ0v) is 15.5. The first kappa shape index (κ1) is 17.8. The average Bonchev–Trinajstić information content (AvgIpc) is 2.97. The summed E-state index contributed by atoms with van der Waals surface area (Å²) >= 11 is 1.18. The van der Waals surface area contributed by atoms with Crippen molar-refractivity contribution in [2.24, 2.45) is 5.73 Å². The summed E-state index contributed by atoms with van der Waals surface area (Å²) < 4.78 is 14.0. The van der Waals surface area contributed by atoms with Crippen molar-refractivity contribution in [2.45, 2.75) is 25.3 Å².